The maximum absolute atomic E-state index is 11.5. The molecule has 0 aliphatic carbocycles. The molecule has 4 nitrogen and oxygen atoms in total. The summed E-state index contributed by atoms with van der Waals surface area (Å²) >= 11 is 0. The largest absolute Gasteiger partial charge is 0.465 e. The van der Waals surface area contributed by atoms with Crippen LogP contribution in [0.3, 0.4) is 0 Å². The van der Waals surface area contributed by atoms with E-state index in [-0.39, 0.29) is 18.1 Å². The van der Waals surface area contributed by atoms with Gasteiger partial charge in [0.05, 0.1) is 12.7 Å². The fourth-order valence-electron chi connectivity index (χ4n) is 1.71. The maximum atomic E-state index is 11.5. The van der Waals surface area contributed by atoms with Crippen LogP contribution in [0.5, 0.6) is 0 Å². The van der Waals surface area contributed by atoms with Crippen molar-refractivity contribution in [1.82, 2.24) is 4.90 Å². The number of nitrogens with zero attached hydrogens (tertiary/aromatic N) is 1. The molecule has 1 rings (SSSR count). The zero-order valence-corrected chi connectivity index (χ0v) is 9.86. The summed E-state index contributed by atoms with van der Waals surface area (Å²) in [5.74, 6) is -0.155. The molecule has 4 heteroatoms. The van der Waals surface area contributed by atoms with Crippen LogP contribution in [0.25, 0.3) is 0 Å². The zero-order chi connectivity index (χ0) is 11.3. The summed E-state index contributed by atoms with van der Waals surface area (Å²) in [6.07, 6.45) is 2.51. The Labute approximate surface area is 91.5 Å². The summed E-state index contributed by atoms with van der Waals surface area (Å²) in [4.78, 5) is 13.4. The van der Waals surface area contributed by atoms with Crippen LogP contribution in [-0.2, 0) is 14.3 Å². The van der Waals surface area contributed by atoms with Crippen molar-refractivity contribution in [2.75, 3.05) is 26.8 Å². The molecule has 2 unspecified atom stereocenters. The molecule has 2 atom stereocenters. The molecule has 1 aliphatic heterocycles. The Hall–Kier alpha value is -0.610. The predicted octanol–water partition coefficient (Wildman–Crippen LogP) is 1.05. The van der Waals surface area contributed by atoms with Gasteiger partial charge in [0, 0.05) is 13.2 Å². The number of hydrogen-bond acceptors (Lipinski definition) is 4. The lowest BCUT2D eigenvalue weighted by Crippen LogP contribution is -2.41. The fourth-order valence-corrected chi connectivity index (χ4v) is 1.71. The highest BCUT2D eigenvalue weighted by Crippen LogP contribution is 2.14. The van der Waals surface area contributed by atoms with Crippen LogP contribution >= 0.6 is 0 Å². The molecule has 1 aliphatic rings. The van der Waals surface area contributed by atoms with Gasteiger partial charge in [-0.1, -0.05) is 0 Å². The number of hydrogen-bond donors (Lipinski definition) is 0. The summed E-state index contributed by atoms with van der Waals surface area (Å²) in [6, 6.07) is -0.186. The molecular formula is C11H21NO3. The molecule has 0 aromatic carbocycles. The van der Waals surface area contributed by atoms with Crippen molar-refractivity contribution in [1.29, 1.82) is 0 Å². The minimum Gasteiger partial charge on any atom is -0.465 e. The average molecular weight is 215 g/mol. The van der Waals surface area contributed by atoms with Crippen molar-refractivity contribution in [2.24, 2.45) is 0 Å². The standard InChI is InChI=1S/C11H21NO3/c1-4-14-11(13)9(2)12(3)8-10-6-5-7-15-10/h9-10H,4-8H2,1-3H3. The van der Waals surface area contributed by atoms with E-state index in [2.05, 4.69) is 0 Å². The molecule has 15 heavy (non-hydrogen) atoms. The highest BCUT2D eigenvalue weighted by Gasteiger charge is 2.24. The van der Waals surface area contributed by atoms with Crippen LogP contribution in [0, 0.1) is 0 Å². The lowest BCUT2D eigenvalue weighted by Gasteiger charge is -2.25. The van der Waals surface area contributed by atoms with Crippen LogP contribution < -0.4 is 0 Å². The fraction of sp³-hybridized carbons (Fsp3) is 0.909. The third-order valence-electron chi connectivity index (χ3n) is 2.80. The Kier molecular flexibility index (Phi) is 5.05. The summed E-state index contributed by atoms with van der Waals surface area (Å²) in [7, 11) is 1.93. The van der Waals surface area contributed by atoms with Gasteiger partial charge in [0.1, 0.15) is 6.04 Å². The van der Waals surface area contributed by atoms with Gasteiger partial charge in [0.25, 0.3) is 0 Å². The van der Waals surface area contributed by atoms with Crippen molar-refractivity contribution in [2.45, 2.75) is 38.8 Å². The zero-order valence-electron chi connectivity index (χ0n) is 9.86. The Morgan fingerprint density at radius 1 is 1.67 bits per heavy atom. The van der Waals surface area contributed by atoms with E-state index in [4.69, 9.17) is 9.47 Å². The van der Waals surface area contributed by atoms with Gasteiger partial charge in [-0.15, -0.1) is 0 Å². The second kappa shape index (κ2) is 6.08. The number of esters is 1. The van der Waals surface area contributed by atoms with Crippen molar-refractivity contribution >= 4 is 5.97 Å². The van der Waals surface area contributed by atoms with E-state index in [1.807, 2.05) is 25.8 Å². The lowest BCUT2D eigenvalue weighted by molar-refractivity contribution is -0.148. The van der Waals surface area contributed by atoms with Crippen LogP contribution in [-0.4, -0.2) is 49.8 Å². The highest BCUT2D eigenvalue weighted by molar-refractivity contribution is 5.75. The average Bonchev–Trinajstić information content (AvgIpc) is 2.69. The molecule has 88 valence electrons. The number of carbonyl (C=O) groups is 1. The second-order valence-electron chi connectivity index (χ2n) is 4.00. The molecule has 0 aromatic heterocycles. The van der Waals surface area contributed by atoms with Gasteiger partial charge in [-0.3, -0.25) is 9.69 Å². The van der Waals surface area contributed by atoms with E-state index in [9.17, 15) is 4.79 Å². The first-order chi connectivity index (χ1) is 7.15. The van der Waals surface area contributed by atoms with Gasteiger partial charge in [-0.05, 0) is 33.7 Å². The normalized spacial score (nSPS) is 23.1. The first kappa shape index (κ1) is 12.5. The highest BCUT2D eigenvalue weighted by atomic mass is 16.5. The number of carbonyl (C=O) groups excluding carboxylic acids is 1. The molecule has 0 spiro atoms. The van der Waals surface area contributed by atoms with Gasteiger partial charge in [-0.2, -0.15) is 0 Å². The van der Waals surface area contributed by atoms with Crippen LogP contribution in [0.15, 0.2) is 0 Å². The molecule has 0 aromatic rings. The third-order valence-corrected chi connectivity index (χ3v) is 2.80. The number of likely N-dealkylation sites (N-methyl/N-ethyl adjacent to an activating group) is 1. The van der Waals surface area contributed by atoms with Gasteiger partial charge >= 0.3 is 5.97 Å². The van der Waals surface area contributed by atoms with Gasteiger partial charge < -0.3 is 9.47 Å². The van der Waals surface area contributed by atoms with E-state index in [0.717, 1.165) is 26.0 Å². The van der Waals surface area contributed by atoms with Crippen molar-refractivity contribution in [3.63, 3.8) is 0 Å². The summed E-state index contributed by atoms with van der Waals surface area (Å²) in [6.45, 7) is 5.79. The minimum absolute atomic E-state index is 0.155. The summed E-state index contributed by atoms with van der Waals surface area (Å²) in [5, 5.41) is 0. The molecule has 1 fully saturated rings. The van der Waals surface area contributed by atoms with Gasteiger partial charge in [0.2, 0.25) is 0 Å². The first-order valence-corrected chi connectivity index (χ1v) is 5.63. The predicted molar refractivity (Wildman–Crippen MR) is 57.7 cm³/mol. The first-order valence-electron chi connectivity index (χ1n) is 5.63. The molecule has 1 heterocycles. The SMILES string of the molecule is CCOC(=O)C(C)N(C)CC1CCCO1. The second-order valence-corrected chi connectivity index (χ2v) is 4.00. The minimum atomic E-state index is -0.186. The Morgan fingerprint density at radius 2 is 2.40 bits per heavy atom. The van der Waals surface area contributed by atoms with Crippen molar-refractivity contribution in [3.05, 3.63) is 0 Å². The number of ether oxygens (including phenoxy) is 2. The van der Waals surface area contributed by atoms with E-state index < -0.39 is 0 Å². The van der Waals surface area contributed by atoms with E-state index >= 15 is 0 Å². The van der Waals surface area contributed by atoms with Crippen molar-refractivity contribution in [3.8, 4) is 0 Å². The van der Waals surface area contributed by atoms with Gasteiger partial charge in [-0.25, -0.2) is 0 Å². The van der Waals surface area contributed by atoms with Gasteiger partial charge in [0.15, 0.2) is 0 Å². The monoisotopic (exact) mass is 215 g/mol. The quantitative estimate of drug-likeness (QED) is 0.643. The summed E-state index contributed by atoms with van der Waals surface area (Å²) in [5.41, 5.74) is 0. The van der Waals surface area contributed by atoms with E-state index in [0.29, 0.717) is 6.61 Å². The van der Waals surface area contributed by atoms with Crippen LogP contribution in [0.1, 0.15) is 26.7 Å². The smallest absolute Gasteiger partial charge is 0.323 e. The maximum Gasteiger partial charge on any atom is 0.323 e. The number of rotatable bonds is 5. The Morgan fingerprint density at radius 3 is 2.93 bits per heavy atom. The Balaban J connectivity index is 2.31. The molecule has 1 saturated heterocycles. The molecule has 0 N–H and O–H groups in total. The molecule has 0 bridgehead atoms. The van der Waals surface area contributed by atoms with Crippen molar-refractivity contribution < 1.29 is 14.3 Å². The molecular weight excluding hydrogens is 194 g/mol. The van der Waals surface area contributed by atoms with E-state index in [1.54, 1.807) is 0 Å². The molecule has 0 amide bonds. The topological polar surface area (TPSA) is 38.8 Å². The summed E-state index contributed by atoms with van der Waals surface area (Å²) < 4.78 is 10.5. The lowest BCUT2D eigenvalue weighted by atomic mass is 10.2. The van der Waals surface area contributed by atoms with E-state index in [1.165, 1.54) is 0 Å². The Bertz CT molecular complexity index is 202. The molecule has 0 saturated carbocycles. The third kappa shape index (κ3) is 3.80. The van der Waals surface area contributed by atoms with Crippen LogP contribution in [0.4, 0.5) is 0 Å². The molecule has 0 radical (unpaired) electrons. The van der Waals surface area contributed by atoms with Crippen LogP contribution in [0.2, 0.25) is 0 Å².